The molecule has 0 aromatic heterocycles. The van der Waals surface area contributed by atoms with Crippen molar-refractivity contribution in [3.63, 3.8) is 0 Å². The van der Waals surface area contributed by atoms with E-state index in [1.165, 1.54) is 24.0 Å². The number of allylic oxidation sites excluding steroid dienone is 1. The fourth-order valence-corrected chi connectivity index (χ4v) is 2.05. The molecule has 0 heterocycles. The van der Waals surface area contributed by atoms with E-state index < -0.39 is 0 Å². The molecule has 1 saturated carbocycles. The van der Waals surface area contributed by atoms with Crippen LogP contribution in [0.25, 0.3) is 5.57 Å². The number of benzene rings is 1. The van der Waals surface area contributed by atoms with Gasteiger partial charge in [0.2, 0.25) is 0 Å². The summed E-state index contributed by atoms with van der Waals surface area (Å²) in [5.74, 6) is 0.812. The van der Waals surface area contributed by atoms with Gasteiger partial charge in [0.15, 0.2) is 0 Å². The van der Waals surface area contributed by atoms with E-state index in [-0.39, 0.29) is 0 Å². The molecule has 1 aromatic rings. The van der Waals surface area contributed by atoms with Crippen LogP contribution in [0.15, 0.2) is 35.3 Å². The van der Waals surface area contributed by atoms with Crippen LogP contribution in [0.3, 0.4) is 0 Å². The lowest BCUT2D eigenvalue weighted by Gasteiger charge is -2.03. The summed E-state index contributed by atoms with van der Waals surface area (Å²) in [5.41, 5.74) is 2.81. The summed E-state index contributed by atoms with van der Waals surface area (Å²) in [5, 5.41) is 0. The van der Waals surface area contributed by atoms with Gasteiger partial charge >= 0.3 is 0 Å². The first-order chi connectivity index (χ1) is 5.92. The summed E-state index contributed by atoms with van der Waals surface area (Å²) in [4.78, 5) is 2.07. The second kappa shape index (κ2) is 3.44. The van der Waals surface area contributed by atoms with Crippen molar-refractivity contribution in [2.75, 3.05) is 0 Å². The molecule has 1 aliphatic rings. The third kappa shape index (κ3) is 1.61. The normalized spacial score (nSPS) is 17.9. The first kappa shape index (κ1) is 8.06. The van der Waals surface area contributed by atoms with Crippen molar-refractivity contribution in [1.82, 2.24) is 0 Å². The molecule has 0 spiro atoms. The first-order valence-corrected chi connectivity index (χ1v) is 5.19. The van der Waals surface area contributed by atoms with Crippen molar-refractivity contribution in [3.8, 4) is 0 Å². The van der Waals surface area contributed by atoms with Gasteiger partial charge in [-0.2, -0.15) is 0 Å². The van der Waals surface area contributed by atoms with E-state index in [1.807, 2.05) is 0 Å². The monoisotopic (exact) mass is 222 g/mol. The lowest BCUT2D eigenvalue weighted by Crippen LogP contribution is -1.83. The van der Waals surface area contributed by atoms with E-state index in [1.54, 1.807) is 0 Å². The molecular weight excluding hydrogens is 212 g/mol. The van der Waals surface area contributed by atoms with Crippen LogP contribution in [0.4, 0.5) is 0 Å². The lowest BCUT2D eigenvalue weighted by molar-refractivity contribution is 1.15. The van der Waals surface area contributed by atoms with Crippen molar-refractivity contribution >= 4 is 21.5 Å². The predicted octanol–water partition coefficient (Wildman–Crippen LogP) is 3.83. The minimum atomic E-state index is 0.812. The first-order valence-electron chi connectivity index (χ1n) is 4.27. The molecule has 1 aliphatic carbocycles. The topological polar surface area (TPSA) is 0 Å². The minimum absolute atomic E-state index is 0.812. The molecule has 2 rings (SSSR count). The number of halogens is 1. The largest absolute Gasteiger partial charge is 0.0622 e. The Bertz CT molecular complexity index is 283. The second-order valence-electron chi connectivity index (χ2n) is 3.20. The van der Waals surface area contributed by atoms with Gasteiger partial charge < -0.3 is 0 Å². The van der Waals surface area contributed by atoms with Gasteiger partial charge in [0.05, 0.1) is 0 Å². The van der Waals surface area contributed by atoms with Gasteiger partial charge in [-0.15, -0.1) is 0 Å². The van der Waals surface area contributed by atoms with Crippen LogP contribution in [-0.4, -0.2) is 0 Å². The summed E-state index contributed by atoms with van der Waals surface area (Å²) in [6, 6.07) is 10.6. The molecule has 12 heavy (non-hydrogen) atoms. The van der Waals surface area contributed by atoms with Gasteiger partial charge in [-0.1, -0.05) is 46.3 Å². The van der Waals surface area contributed by atoms with Crippen LogP contribution in [0.1, 0.15) is 18.4 Å². The Hall–Kier alpha value is -0.560. The molecule has 1 aromatic carbocycles. The third-order valence-electron chi connectivity index (χ3n) is 2.24. The zero-order valence-corrected chi connectivity index (χ0v) is 8.42. The highest BCUT2D eigenvalue weighted by atomic mass is 79.9. The van der Waals surface area contributed by atoms with Gasteiger partial charge in [-0.05, 0) is 34.9 Å². The number of hydrogen-bond donors (Lipinski definition) is 0. The highest BCUT2D eigenvalue weighted by molar-refractivity contribution is 9.11. The van der Waals surface area contributed by atoms with E-state index in [0.29, 0.717) is 0 Å². The lowest BCUT2D eigenvalue weighted by atomic mass is 10.0. The molecule has 0 aliphatic heterocycles. The van der Waals surface area contributed by atoms with Crippen LogP contribution in [0, 0.1) is 5.92 Å². The number of rotatable bonds is 2. The van der Waals surface area contributed by atoms with Crippen LogP contribution in [-0.2, 0) is 0 Å². The second-order valence-corrected chi connectivity index (χ2v) is 3.66. The summed E-state index contributed by atoms with van der Waals surface area (Å²) in [6.07, 6.45) is 2.71. The van der Waals surface area contributed by atoms with E-state index in [9.17, 15) is 0 Å². The fraction of sp³-hybridized carbons (Fsp3) is 0.273. The molecule has 0 bridgehead atoms. The van der Waals surface area contributed by atoms with Gasteiger partial charge in [-0.25, -0.2) is 0 Å². The van der Waals surface area contributed by atoms with Gasteiger partial charge in [0.25, 0.3) is 0 Å². The molecule has 0 saturated heterocycles. The third-order valence-corrected chi connectivity index (χ3v) is 2.74. The zero-order valence-electron chi connectivity index (χ0n) is 6.83. The summed E-state index contributed by atoms with van der Waals surface area (Å²) >= 11 is 3.43. The van der Waals surface area contributed by atoms with Gasteiger partial charge in [-0.3, -0.25) is 0 Å². The van der Waals surface area contributed by atoms with Gasteiger partial charge in [0.1, 0.15) is 0 Å². The maximum atomic E-state index is 3.43. The maximum absolute atomic E-state index is 3.43. The Morgan fingerprint density at radius 3 is 2.42 bits per heavy atom. The van der Waals surface area contributed by atoms with E-state index in [4.69, 9.17) is 0 Å². The predicted molar refractivity (Wildman–Crippen MR) is 56.1 cm³/mol. The SMILES string of the molecule is BrC=C(c1ccccc1)C1CC1. The van der Waals surface area contributed by atoms with Gasteiger partial charge in [0, 0.05) is 0 Å². The quantitative estimate of drug-likeness (QED) is 0.714. The van der Waals surface area contributed by atoms with Crippen LogP contribution >= 0.6 is 15.9 Å². The van der Waals surface area contributed by atoms with Crippen LogP contribution < -0.4 is 0 Å². The molecule has 0 atom stereocenters. The molecular formula is C11H11Br. The summed E-state index contributed by atoms with van der Waals surface area (Å²) < 4.78 is 0. The summed E-state index contributed by atoms with van der Waals surface area (Å²) in [7, 11) is 0. The van der Waals surface area contributed by atoms with E-state index in [0.717, 1.165) is 5.92 Å². The van der Waals surface area contributed by atoms with Crippen molar-refractivity contribution in [1.29, 1.82) is 0 Å². The molecule has 0 amide bonds. The van der Waals surface area contributed by atoms with E-state index in [2.05, 4.69) is 51.2 Å². The minimum Gasteiger partial charge on any atom is -0.0622 e. The van der Waals surface area contributed by atoms with E-state index >= 15 is 0 Å². The Labute approximate surface area is 81.4 Å². The fourth-order valence-electron chi connectivity index (χ4n) is 1.41. The summed E-state index contributed by atoms with van der Waals surface area (Å²) in [6.45, 7) is 0. The molecule has 0 N–H and O–H groups in total. The molecule has 0 nitrogen and oxygen atoms in total. The average Bonchev–Trinajstić information content (AvgIpc) is 2.92. The van der Waals surface area contributed by atoms with Crippen molar-refractivity contribution in [2.45, 2.75) is 12.8 Å². The van der Waals surface area contributed by atoms with Crippen molar-refractivity contribution in [2.24, 2.45) is 5.92 Å². The molecule has 0 radical (unpaired) electrons. The van der Waals surface area contributed by atoms with Crippen molar-refractivity contribution < 1.29 is 0 Å². The Morgan fingerprint density at radius 1 is 1.25 bits per heavy atom. The van der Waals surface area contributed by atoms with Crippen molar-refractivity contribution in [3.05, 3.63) is 40.9 Å². The van der Waals surface area contributed by atoms with Crippen LogP contribution in [0.2, 0.25) is 0 Å². The Kier molecular flexibility index (Phi) is 2.31. The number of hydrogen-bond acceptors (Lipinski definition) is 0. The van der Waals surface area contributed by atoms with Crippen LogP contribution in [0.5, 0.6) is 0 Å². The molecule has 62 valence electrons. The Morgan fingerprint density at radius 2 is 1.92 bits per heavy atom. The molecule has 1 fully saturated rings. The Balaban J connectivity index is 2.28. The molecule has 1 heteroatoms. The highest BCUT2D eigenvalue weighted by Gasteiger charge is 2.26. The standard InChI is InChI=1S/C11H11Br/c12-8-11(10-6-7-10)9-4-2-1-3-5-9/h1-5,8,10H,6-7H2. The zero-order chi connectivity index (χ0) is 8.39. The highest BCUT2D eigenvalue weighted by Crippen LogP contribution is 2.42. The maximum Gasteiger partial charge on any atom is -0.0148 e. The smallest absolute Gasteiger partial charge is 0.0148 e. The average molecular weight is 223 g/mol. The molecule has 0 unspecified atom stereocenters.